The van der Waals surface area contributed by atoms with Crippen molar-refractivity contribution in [2.45, 2.75) is 116 Å². The van der Waals surface area contributed by atoms with Gasteiger partial charge in [0.05, 0.1) is 0 Å². The highest BCUT2D eigenvalue weighted by Gasteiger charge is 2.03. The Labute approximate surface area is 173 Å². The number of rotatable bonds is 19. The van der Waals surface area contributed by atoms with Gasteiger partial charge in [-0.1, -0.05) is 96.0 Å². The van der Waals surface area contributed by atoms with Gasteiger partial charge in [-0.25, -0.2) is 4.57 Å². The number of carbonyl (C=O) groups is 1. The SMILES string of the molecule is C[n+]1ccccc1CCCCCCCCCCCCCCCCCCC(=O)[O-]. The largest absolute Gasteiger partial charge is 0.550 e. The Bertz CT molecular complexity index is 501. The molecule has 3 heteroatoms. The Kier molecular flexibility index (Phi) is 15.6. The Hall–Kier alpha value is -1.38. The summed E-state index contributed by atoms with van der Waals surface area (Å²) < 4.78 is 2.24. The monoisotopic (exact) mass is 389 g/mol. The summed E-state index contributed by atoms with van der Waals surface area (Å²) in [5, 5.41) is 10.3. The molecule has 0 unspecified atom stereocenters. The molecule has 0 atom stereocenters. The first-order valence-corrected chi connectivity index (χ1v) is 11.8. The summed E-state index contributed by atoms with van der Waals surface area (Å²) >= 11 is 0. The molecule has 28 heavy (non-hydrogen) atoms. The predicted molar refractivity (Wildman–Crippen MR) is 115 cm³/mol. The molecule has 1 aromatic heterocycles. The van der Waals surface area contributed by atoms with Crippen LogP contribution in [0.4, 0.5) is 0 Å². The number of aromatic nitrogens is 1. The first-order valence-electron chi connectivity index (χ1n) is 11.8. The molecule has 1 aromatic rings. The maximum absolute atomic E-state index is 10.3. The number of carboxylic acid groups (broad SMARTS) is 1. The standard InChI is InChI=1S/C25H43NO2/c1-26-23-19-18-21-24(26)20-16-14-12-10-8-6-4-2-3-5-7-9-11-13-15-17-22-25(27)28/h18-19,21,23H,2-17,20,22H2,1H3. The second-order valence-electron chi connectivity index (χ2n) is 8.33. The van der Waals surface area contributed by atoms with Crippen molar-refractivity contribution in [3.05, 3.63) is 30.1 Å². The zero-order chi connectivity index (χ0) is 20.3. The van der Waals surface area contributed by atoms with Crippen LogP contribution in [0.5, 0.6) is 0 Å². The first-order chi connectivity index (χ1) is 13.7. The molecular weight excluding hydrogens is 346 g/mol. The number of carbonyl (C=O) groups excluding carboxylic acids is 1. The third-order valence-electron chi connectivity index (χ3n) is 5.73. The molecule has 0 aliphatic rings. The average Bonchev–Trinajstić information content (AvgIpc) is 2.68. The third kappa shape index (κ3) is 14.6. The second-order valence-corrected chi connectivity index (χ2v) is 8.33. The van der Waals surface area contributed by atoms with E-state index in [1.54, 1.807) is 0 Å². The molecule has 0 saturated heterocycles. The molecule has 1 rings (SSSR count). The van der Waals surface area contributed by atoms with Crippen LogP contribution < -0.4 is 9.67 Å². The van der Waals surface area contributed by atoms with Crippen LogP contribution in [0.3, 0.4) is 0 Å². The van der Waals surface area contributed by atoms with Crippen LogP contribution in [0.25, 0.3) is 0 Å². The van der Waals surface area contributed by atoms with Crippen molar-refractivity contribution in [1.82, 2.24) is 0 Å². The van der Waals surface area contributed by atoms with Crippen LogP contribution in [-0.4, -0.2) is 5.97 Å². The van der Waals surface area contributed by atoms with E-state index in [9.17, 15) is 9.90 Å². The number of aliphatic carboxylic acids is 1. The molecule has 0 radical (unpaired) electrons. The highest BCUT2D eigenvalue weighted by atomic mass is 16.4. The van der Waals surface area contributed by atoms with Crippen molar-refractivity contribution >= 4 is 5.97 Å². The van der Waals surface area contributed by atoms with Crippen molar-refractivity contribution < 1.29 is 14.5 Å². The minimum atomic E-state index is -0.905. The minimum Gasteiger partial charge on any atom is -0.550 e. The van der Waals surface area contributed by atoms with Crippen molar-refractivity contribution in [3.8, 4) is 0 Å². The zero-order valence-electron chi connectivity index (χ0n) is 18.3. The Morgan fingerprint density at radius 1 is 0.714 bits per heavy atom. The summed E-state index contributed by atoms with van der Waals surface area (Å²) in [4.78, 5) is 10.3. The molecule has 0 bridgehead atoms. The summed E-state index contributed by atoms with van der Waals surface area (Å²) in [6.45, 7) is 0. The number of hydrogen-bond donors (Lipinski definition) is 0. The number of nitrogens with zero attached hydrogens (tertiary/aromatic N) is 1. The summed E-state index contributed by atoms with van der Waals surface area (Å²) in [6.07, 6.45) is 24.3. The molecule has 0 fully saturated rings. The summed E-state index contributed by atoms with van der Waals surface area (Å²) in [5.74, 6) is -0.905. The van der Waals surface area contributed by atoms with Crippen molar-refractivity contribution in [2.24, 2.45) is 7.05 Å². The van der Waals surface area contributed by atoms with E-state index in [-0.39, 0.29) is 6.42 Å². The molecular formula is C25H43NO2. The molecule has 1 heterocycles. The summed E-state index contributed by atoms with van der Waals surface area (Å²) in [7, 11) is 2.14. The van der Waals surface area contributed by atoms with Gasteiger partial charge in [0.25, 0.3) is 0 Å². The van der Waals surface area contributed by atoms with Gasteiger partial charge >= 0.3 is 0 Å². The normalized spacial score (nSPS) is 11.0. The van der Waals surface area contributed by atoms with Crippen LogP contribution in [0.15, 0.2) is 24.4 Å². The molecule has 0 saturated carbocycles. The van der Waals surface area contributed by atoms with Crippen LogP contribution in [0.2, 0.25) is 0 Å². The van der Waals surface area contributed by atoms with Gasteiger partial charge in [0.1, 0.15) is 7.05 Å². The number of pyridine rings is 1. The number of hydrogen-bond acceptors (Lipinski definition) is 2. The highest BCUT2D eigenvalue weighted by Crippen LogP contribution is 2.14. The smallest absolute Gasteiger partial charge is 0.181 e. The van der Waals surface area contributed by atoms with Crippen molar-refractivity contribution in [3.63, 3.8) is 0 Å². The quantitative estimate of drug-likeness (QED) is 0.234. The van der Waals surface area contributed by atoms with Gasteiger partial charge in [0.2, 0.25) is 0 Å². The van der Waals surface area contributed by atoms with Crippen LogP contribution in [0.1, 0.15) is 115 Å². The van der Waals surface area contributed by atoms with Gasteiger partial charge in [0.15, 0.2) is 11.9 Å². The lowest BCUT2D eigenvalue weighted by Gasteiger charge is -2.04. The van der Waals surface area contributed by atoms with E-state index in [2.05, 4.69) is 36.0 Å². The molecule has 160 valence electrons. The van der Waals surface area contributed by atoms with Crippen molar-refractivity contribution in [1.29, 1.82) is 0 Å². The Morgan fingerprint density at radius 3 is 1.57 bits per heavy atom. The lowest BCUT2D eigenvalue weighted by atomic mass is 10.0. The number of unbranched alkanes of at least 4 members (excludes halogenated alkanes) is 15. The molecule has 0 spiro atoms. The lowest BCUT2D eigenvalue weighted by Crippen LogP contribution is -2.32. The first kappa shape index (κ1) is 24.7. The van der Waals surface area contributed by atoms with Crippen LogP contribution in [-0.2, 0) is 18.3 Å². The minimum absolute atomic E-state index is 0.229. The van der Waals surface area contributed by atoms with Crippen LogP contribution in [0, 0.1) is 0 Å². The topological polar surface area (TPSA) is 44.0 Å². The third-order valence-corrected chi connectivity index (χ3v) is 5.73. The Balaban J connectivity index is 1.73. The van der Waals surface area contributed by atoms with E-state index < -0.39 is 5.97 Å². The fourth-order valence-electron chi connectivity index (χ4n) is 3.87. The van der Waals surface area contributed by atoms with Crippen molar-refractivity contribution in [2.75, 3.05) is 0 Å². The van der Waals surface area contributed by atoms with Gasteiger partial charge in [-0.05, 0) is 19.3 Å². The maximum Gasteiger partial charge on any atom is 0.181 e. The summed E-state index contributed by atoms with van der Waals surface area (Å²) in [5.41, 5.74) is 1.44. The average molecular weight is 390 g/mol. The van der Waals surface area contributed by atoms with E-state index in [1.165, 1.54) is 102 Å². The van der Waals surface area contributed by atoms with Crippen LogP contribution >= 0.6 is 0 Å². The van der Waals surface area contributed by atoms with Gasteiger partial charge < -0.3 is 9.90 Å². The highest BCUT2D eigenvalue weighted by molar-refractivity contribution is 5.63. The van der Waals surface area contributed by atoms with E-state index in [1.807, 2.05) is 0 Å². The Morgan fingerprint density at radius 2 is 1.14 bits per heavy atom. The number of carboxylic acids is 1. The van der Waals surface area contributed by atoms with E-state index in [4.69, 9.17) is 0 Å². The van der Waals surface area contributed by atoms with Gasteiger partial charge in [-0.3, -0.25) is 0 Å². The fraction of sp³-hybridized carbons (Fsp3) is 0.760. The van der Waals surface area contributed by atoms with E-state index >= 15 is 0 Å². The van der Waals surface area contributed by atoms with E-state index in [0.29, 0.717) is 0 Å². The molecule has 3 nitrogen and oxygen atoms in total. The predicted octanol–water partition coefficient (Wildman–Crippen LogP) is 5.44. The molecule has 0 aliphatic heterocycles. The number of aryl methyl sites for hydroxylation is 2. The molecule has 0 amide bonds. The fourth-order valence-corrected chi connectivity index (χ4v) is 3.87. The van der Waals surface area contributed by atoms with Gasteiger partial charge in [-0.2, -0.15) is 0 Å². The van der Waals surface area contributed by atoms with Gasteiger partial charge in [-0.15, -0.1) is 0 Å². The lowest BCUT2D eigenvalue weighted by molar-refractivity contribution is -0.679. The molecule has 0 N–H and O–H groups in total. The second kappa shape index (κ2) is 17.7. The summed E-state index contributed by atoms with van der Waals surface area (Å²) in [6, 6.07) is 6.47. The maximum atomic E-state index is 10.3. The molecule has 0 aromatic carbocycles. The van der Waals surface area contributed by atoms with E-state index in [0.717, 1.165) is 12.8 Å². The van der Waals surface area contributed by atoms with Gasteiger partial charge in [0, 0.05) is 24.5 Å². The molecule has 0 aliphatic carbocycles. The zero-order valence-corrected chi connectivity index (χ0v) is 18.3.